The Labute approximate surface area is 106 Å². The maximum Gasteiger partial charge on any atom is 0.0946 e. The number of hydrogen-bond acceptors (Lipinski definition) is 3. The number of aromatic nitrogens is 2. The summed E-state index contributed by atoms with van der Waals surface area (Å²) in [5.41, 5.74) is 7.06. The second kappa shape index (κ2) is 5.89. The number of hydrogen-bond donors (Lipinski definition) is 1. The standard InChI is InChI=1S/C13H17N3S/c1-11(14)12-3-2-4-13(9-12)17-8-7-16-6-5-15-10-16/h2-6,9-11H,7-8,14H2,1H3. The highest BCUT2D eigenvalue weighted by molar-refractivity contribution is 7.99. The van der Waals surface area contributed by atoms with E-state index in [1.54, 1.807) is 6.20 Å². The minimum absolute atomic E-state index is 0.101. The minimum Gasteiger partial charge on any atom is -0.337 e. The monoisotopic (exact) mass is 247 g/mol. The average molecular weight is 247 g/mol. The molecule has 2 rings (SSSR count). The Morgan fingerprint density at radius 3 is 3.06 bits per heavy atom. The SMILES string of the molecule is CC(N)c1cccc(SCCn2ccnc2)c1. The zero-order chi connectivity index (χ0) is 12.1. The molecule has 2 aromatic rings. The Bertz CT molecular complexity index is 451. The van der Waals surface area contributed by atoms with E-state index in [-0.39, 0.29) is 6.04 Å². The van der Waals surface area contributed by atoms with Gasteiger partial charge in [-0.2, -0.15) is 0 Å². The molecule has 1 aromatic carbocycles. The van der Waals surface area contributed by atoms with Gasteiger partial charge in [0.25, 0.3) is 0 Å². The van der Waals surface area contributed by atoms with Crippen LogP contribution < -0.4 is 5.73 Å². The third-order valence-electron chi connectivity index (χ3n) is 2.56. The van der Waals surface area contributed by atoms with Crippen molar-refractivity contribution in [3.05, 3.63) is 48.5 Å². The van der Waals surface area contributed by atoms with Gasteiger partial charge in [0.1, 0.15) is 0 Å². The summed E-state index contributed by atoms with van der Waals surface area (Å²) in [7, 11) is 0. The first-order chi connectivity index (χ1) is 8.25. The molecule has 0 amide bonds. The summed E-state index contributed by atoms with van der Waals surface area (Å²) in [6, 6.07) is 8.54. The van der Waals surface area contributed by atoms with Gasteiger partial charge >= 0.3 is 0 Å². The molecule has 1 unspecified atom stereocenters. The van der Waals surface area contributed by atoms with Crippen LogP contribution >= 0.6 is 11.8 Å². The average Bonchev–Trinajstić information content (AvgIpc) is 2.82. The van der Waals surface area contributed by atoms with Crippen molar-refractivity contribution in [2.45, 2.75) is 24.4 Å². The van der Waals surface area contributed by atoms with Crippen molar-refractivity contribution in [3.63, 3.8) is 0 Å². The molecule has 0 aliphatic carbocycles. The number of nitrogens with two attached hydrogens (primary N) is 1. The fraction of sp³-hybridized carbons (Fsp3) is 0.308. The molecule has 1 heterocycles. The Morgan fingerprint density at radius 2 is 2.35 bits per heavy atom. The van der Waals surface area contributed by atoms with Crippen molar-refractivity contribution >= 4 is 11.8 Å². The molecule has 3 nitrogen and oxygen atoms in total. The third-order valence-corrected chi connectivity index (χ3v) is 3.54. The lowest BCUT2D eigenvalue weighted by molar-refractivity contribution is 0.770. The first kappa shape index (κ1) is 12.2. The maximum absolute atomic E-state index is 5.87. The molecule has 4 heteroatoms. The number of aryl methyl sites for hydroxylation is 1. The second-order valence-electron chi connectivity index (χ2n) is 4.01. The quantitative estimate of drug-likeness (QED) is 0.826. The van der Waals surface area contributed by atoms with Crippen molar-refractivity contribution < 1.29 is 0 Å². The van der Waals surface area contributed by atoms with E-state index in [0.717, 1.165) is 12.3 Å². The van der Waals surface area contributed by atoms with E-state index in [2.05, 4.69) is 33.8 Å². The Kier molecular flexibility index (Phi) is 4.23. The molecule has 2 N–H and O–H groups in total. The minimum atomic E-state index is 0.101. The van der Waals surface area contributed by atoms with Crippen LogP contribution in [0.5, 0.6) is 0 Å². The predicted molar refractivity (Wildman–Crippen MR) is 72.0 cm³/mol. The first-order valence-corrected chi connectivity index (χ1v) is 6.68. The highest BCUT2D eigenvalue weighted by atomic mass is 32.2. The van der Waals surface area contributed by atoms with E-state index >= 15 is 0 Å². The van der Waals surface area contributed by atoms with Gasteiger partial charge in [-0.3, -0.25) is 0 Å². The van der Waals surface area contributed by atoms with Gasteiger partial charge in [-0.1, -0.05) is 12.1 Å². The highest BCUT2D eigenvalue weighted by Gasteiger charge is 2.01. The number of imidazole rings is 1. The van der Waals surface area contributed by atoms with Gasteiger partial charge in [-0.05, 0) is 24.6 Å². The topological polar surface area (TPSA) is 43.8 Å². The van der Waals surface area contributed by atoms with Gasteiger partial charge in [-0.25, -0.2) is 4.98 Å². The molecule has 0 spiro atoms. The van der Waals surface area contributed by atoms with Crippen molar-refractivity contribution in [3.8, 4) is 0 Å². The summed E-state index contributed by atoms with van der Waals surface area (Å²) in [5.74, 6) is 1.04. The van der Waals surface area contributed by atoms with E-state index in [0.29, 0.717) is 0 Å². The molecule has 1 aromatic heterocycles. The zero-order valence-electron chi connectivity index (χ0n) is 9.91. The molecule has 0 radical (unpaired) electrons. The van der Waals surface area contributed by atoms with Crippen molar-refractivity contribution in [1.82, 2.24) is 9.55 Å². The Hall–Kier alpha value is -1.26. The van der Waals surface area contributed by atoms with Crippen LogP contribution in [0.3, 0.4) is 0 Å². The van der Waals surface area contributed by atoms with Crippen LogP contribution in [-0.2, 0) is 6.54 Å². The van der Waals surface area contributed by atoms with Crippen molar-refractivity contribution in [2.24, 2.45) is 5.73 Å². The van der Waals surface area contributed by atoms with Gasteiger partial charge in [0.05, 0.1) is 6.33 Å². The lowest BCUT2D eigenvalue weighted by Gasteiger charge is -2.08. The van der Waals surface area contributed by atoms with Crippen LogP contribution in [0.1, 0.15) is 18.5 Å². The molecular weight excluding hydrogens is 230 g/mol. The van der Waals surface area contributed by atoms with Crippen LogP contribution in [0.25, 0.3) is 0 Å². The summed E-state index contributed by atoms with van der Waals surface area (Å²) < 4.78 is 2.09. The second-order valence-corrected chi connectivity index (χ2v) is 5.18. The van der Waals surface area contributed by atoms with Crippen LogP contribution in [0.4, 0.5) is 0 Å². The normalized spacial score (nSPS) is 12.6. The number of thioether (sulfide) groups is 1. The van der Waals surface area contributed by atoms with E-state index < -0.39 is 0 Å². The van der Waals surface area contributed by atoms with Gasteiger partial charge in [0.2, 0.25) is 0 Å². The highest BCUT2D eigenvalue weighted by Crippen LogP contribution is 2.21. The molecule has 1 atom stereocenters. The first-order valence-electron chi connectivity index (χ1n) is 5.70. The maximum atomic E-state index is 5.87. The molecule has 0 bridgehead atoms. The predicted octanol–water partition coefficient (Wildman–Crippen LogP) is 2.70. The fourth-order valence-electron chi connectivity index (χ4n) is 1.58. The largest absolute Gasteiger partial charge is 0.337 e. The fourth-order valence-corrected chi connectivity index (χ4v) is 2.51. The molecule has 0 saturated heterocycles. The van der Waals surface area contributed by atoms with E-state index in [1.807, 2.05) is 31.2 Å². The van der Waals surface area contributed by atoms with Gasteiger partial charge < -0.3 is 10.3 Å². The van der Waals surface area contributed by atoms with Gasteiger partial charge in [-0.15, -0.1) is 11.8 Å². The molecule has 0 saturated carbocycles. The van der Waals surface area contributed by atoms with Crippen LogP contribution in [0.15, 0.2) is 47.9 Å². The molecule has 0 aliphatic rings. The third kappa shape index (κ3) is 3.61. The summed E-state index contributed by atoms with van der Waals surface area (Å²) in [6.45, 7) is 2.99. The van der Waals surface area contributed by atoms with Gasteiger partial charge in [0, 0.05) is 35.6 Å². The molecule has 0 fully saturated rings. The molecular formula is C13H17N3S. The molecule has 17 heavy (non-hydrogen) atoms. The number of rotatable bonds is 5. The van der Waals surface area contributed by atoms with Gasteiger partial charge in [0.15, 0.2) is 0 Å². The Morgan fingerprint density at radius 1 is 1.47 bits per heavy atom. The zero-order valence-corrected chi connectivity index (χ0v) is 10.7. The van der Waals surface area contributed by atoms with Crippen molar-refractivity contribution in [1.29, 1.82) is 0 Å². The van der Waals surface area contributed by atoms with Crippen LogP contribution in [0, 0.1) is 0 Å². The van der Waals surface area contributed by atoms with Crippen LogP contribution in [-0.4, -0.2) is 15.3 Å². The summed E-state index contributed by atoms with van der Waals surface area (Å²) in [5, 5.41) is 0. The van der Waals surface area contributed by atoms with E-state index in [9.17, 15) is 0 Å². The Balaban J connectivity index is 1.88. The van der Waals surface area contributed by atoms with Crippen LogP contribution in [0.2, 0.25) is 0 Å². The lowest BCUT2D eigenvalue weighted by atomic mass is 10.1. The van der Waals surface area contributed by atoms with E-state index in [1.165, 1.54) is 10.5 Å². The molecule has 0 aliphatic heterocycles. The number of nitrogens with zero attached hydrogens (tertiary/aromatic N) is 2. The smallest absolute Gasteiger partial charge is 0.0946 e. The molecule has 90 valence electrons. The lowest BCUT2D eigenvalue weighted by Crippen LogP contribution is -2.04. The number of benzene rings is 1. The summed E-state index contributed by atoms with van der Waals surface area (Å²) in [4.78, 5) is 5.30. The van der Waals surface area contributed by atoms with E-state index in [4.69, 9.17) is 5.73 Å². The summed E-state index contributed by atoms with van der Waals surface area (Å²) in [6.07, 6.45) is 5.64. The summed E-state index contributed by atoms with van der Waals surface area (Å²) >= 11 is 1.85. The van der Waals surface area contributed by atoms with Crippen molar-refractivity contribution in [2.75, 3.05) is 5.75 Å².